The number of para-hydroxylation sites is 1. The Bertz CT molecular complexity index is 1080. The predicted molar refractivity (Wildman–Crippen MR) is 107 cm³/mol. The lowest BCUT2D eigenvalue weighted by Gasteiger charge is -2.17. The van der Waals surface area contributed by atoms with Crippen LogP contribution in [0.15, 0.2) is 47.3 Å². The van der Waals surface area contributed by atoms with Gasteiger partial charge < -0.3 is 15.2 Å². The zero-order valence-electron chi connectivity index (χ0n) is 16.1. The Balaban J connectivity index is 1.63. The van der Waals surface area contributed by atoms with E-state index in [1.165, 1.54) is 4.90 Å². The van der Waals surface area contributed by atoms with E-state index >= 15 is 0 Å². The second-order valence-corrected chi connectivity index (χ2v) is 6.84. The van der Waals surface area contributed by atoms with Gasteiger partial charge in [-0.2, -0.15) is 0 Å². The largest absolute Gasteiger partial charge is 0.343 e. The minimum absolute atomic E-state index is 0.137. The number of fused-ring (bicyclic) bond motifs is 1. The van der Waals surface area contributed by atoms with Gasteiger partial charge in [0.2, 0.25) is 5.91 Å². The van der Waals surface area contributed by atoms with Crippen LogP contribution in [0.4, 0.5) is 0 Å². The molecular weight excluding hydrogens is 356 g/mol. The minimum Gasteiger partial charge on any atom is -0.343 e. The van der Waals surface area contributed by atoms with Crippen LogP contribution in [0.1, 0.15) is 27.3 Å². The maximum Gasteiger partial charge on any atom is 0.258 e. The average Bonchev–Trinajstić information content (AvgIpc) is 2.65. The van der Waals surface area contributed by atoms with Crippen molar-refractivity contribution >= 4 is 22.7 Å². The SMILES string of the molecule is Cc1cc(C)cc(C(=O)NCC(=O)N(C)Cc2nc3ccccc3c(=O)[nH]2)c1. The fourth-order valence-electron chi connectivity index (χ4n) is 3.02. The number of nitrogens with one attached hydrogen (secondary N) is 2. The van der Waals surface area contributed by atoms with E-state index in [1.54, 1.807) is 43.4 Å². The average molecular weight is 378 g/mol. The normalized spacial score (nSPS) is 10.7. The molecule has 0 aliphatic heterocycles. The lowest BCUT2D eigenvalue weighted by atomic mass is 10.1. The molecule has 0 atom stereocenters. The van der Waals surface area contributed by atoms with Crippen LogP contribution in [0.5, 0.6) is 0 Å². The summed E-state index contributed by atoms with van der Waals surface area (Å²) in [5.41, 5.74) is 2.82. The van der Waals surface area contributed by atoms with Crippen molar-refractivity contribution in [2.45, 2.75) is 20.4 Å². The number of aryl methyl sites for hydroxylation is 2. The van der Waals surface area contributed by atoms with Crippen LogP contribution in [0, 0.1) is 13.8 Å². The molecule has 0 radical (unpaired) electrons. The molecule has 0 aliphatic carbocycles. The maximum absolute atomic E-state index is 12.4. The Morgan fingerprint density at radius 2 is 1.79 bits per heavy atom. The van der Waals surface area contributed by atoms with Crippen molar-refractivity contribution in [3.8, 4) is 0 Å². The smallest absolute Gasteiger partial charge is 0.258 e. The molecule has 0 saturated carbocycles. The van der Waals surface area contributed by atoms with E-state index in [0.717, 1.165) is 11.1 Å². The van der Waals surface area contributed by atoms with Crippen LogP contribution in [0.3, 0.4) is 0 Å². The van der Waals surface area contributed by atoms with Crippen molar-refractivity contribution in [3.05, 3.63) is 75.3 Å². The van der Waals surface area contributed by atoms with Crippen LogP contribution >= 0.6 is 0 Å². The number of rotatable bonds is 5. The molecule has 1 aromatic heterocycles. The fourth-order valence-corrected chi connectivity index (χ4v) is 3.02. The van der Waals surface area contributed by atoms with Crippen molar-refractivity contribution in [2.24, 2.45) is 0 Å². The molecule has 0 unspecified atom stereocenters. The summed E-state index contributed by atoms with van der Waals surface area (Å²) in [5.74, 6) is -0.195. The number of hydrogen-bond acceptors (Lipinski definition) is 4. The number of amides is 2. The van der Waals surface area contributed by atoms with Crippen molar-refractivity contribution in [1.29, 1.82) is 0 Å². The van der Waals surface area contributed by atoms with Gasteiger partial charge >= 0.3 is 0 Å². The number of hydrogen-bond donors (Lipinski definition) is 2. The third-order valence-corrected chi connectivity index (χ3v) is 4.36. The first-order valence-electron chi connectivity index (χ1n) is 8.92. The van der Waals surface area contributed by atoms with Gasteiger partial charge in [0.05, 0.1) is 24.0 Å². The molecule has 2 amide bonds. The first-order chi connectivity index (χ1) is 13.3. The maximum atomic E-state index is 12.4. The molecule has 2 N–H and O–H groups in total. The number of carbonyl (C=O) groups is 2. The molecule has 0 fully saturated rings. The van der Waals surface area contributed by atoms with Gasteiger partial charge in [-0.25, -0.2) is 4.98 Å². The Labute approximate surface area is 162 Å². The predicted octanol–water partition coefficient (Wildman–Crippen LogP) is 1.93. The Hall–Kier alpha value is -3.48. The number of benzene rings is 2. The standard InChI is InChI=1S/C21H22N4O3/c1-13-8-14(2)10-15(9-13)20(27)22-11-19(26)25(3)12-18-23-17-7-5-4-6-16(17)21(28)24-18/h4-10H,11-12H2,1-3H3,(H,22,27)(H,23,24,28). The molecule has 2 aromatic carbocycles. The number of aromatic nitrogens is 2. The summed E-state index contributed by atoms with van der Waals surface area (Å²) in [7, 11) is 1.60. The second kappa shape index (κ2) is 8.04. The van der Waals surface area contributed by atoms with E-state index in [-0.39, 0.29) is 30.5 Å². The third kappa shape index (κ3) is 4.43. The molecule has 7 heteroatoms. The molecule has 0 aliphatic rings. The van der Waals surface area contributed by atoms with Crippen LogP contribution in [-0.4, -0.2) is 40.3 Å². The highest BCUT2D eigenvalue weighted by molar-refractivity contribution is 5.96. The van der Waals surface area contributed by atoms with E-state index in [4.69, 9.17) is 0 Å². The lowest BCUT2D eigenvalue weighted by molar-refractivity contribution is -0.129. The number of nitrogens with zero attached hydrogens (tertiary/aromatic N) is 2. The van der Waals surface area contributed by atoms with Gasteiger partial charge in [0, 0.05) is 12.6 Å². The Morgan fingerprint density at radius 1 is 1.11 bits per heavy atom. The molecule has 3 aromatic rings. The first kappa shape index (κ1) is 19.3. The fraction of sp³-hybridized carbons (Fsp3) is 0.238. The molecule has 7 nitrogen and oxygen atoms in total. The van der Waals surface area contributed by atoms with Gasteiger partial charge in [0.15, 0.2) is 0 Å². The van der Waals surface area contributed by atoms with E-state index < -0.39 is 0 Å². The third-order valence-electron chi connectivity index (χ3n) is 4.36. The summed E-state index contributed by atoms with van der Waals surface area (Å²) in [6, 6.07) is 12.6. The van der Waals surface area contributed by atoms with Crippen LogP contribution in [0.2, 0.25) is 0 Å². The number of aromatic amines is 1. The molecular formula is C21H22N4O3. The highest BCUT2D eigenvalue weighted by Crippen LogP contribution is 2.09. The summed E-state index contributed by atoms with van der Waals surface area (Å²) < 4.78 is 0. The highest BCUT2D eigenvalue weighted by atomic mass is 16.2. The molecule has 0 spiro atoms. The highest BCUT2D eigenvalue weighted by Gasteiger charge is 2.14. The van der Waals surface area contributed by atoms with Crippen molar-refractivity contribution in [1.82, 2.24) is 20.2 Å². The molecule has 144 valence electrons. The number of likely N-dealkylation sites (N-methyl/N-ethyl adjacent to an activating group) is 1. The summed E-state index contributed by atoms with van der Waals surface area (Å²) in [4.78, 5) is 45.2. The second-order valence-electron chi connectivity index (χ2n) is 6.84. The molecule has 0 bridgehead atoms. The van der Waals surface area contributed by atoms with Crippen molar-refractivity contribution in [3.63, 3.8) is 0 Å². The van der Waals surface area contributed by atoms with Gasteiger partial charge in [-0.05, 0) is 38.1 Å². The lowest BCUT2D eigenvalue weighted by Crippen LogP contribution is -2.38. The van der Waals surface area contributed by atoms with Crippen LogP contribution in [0.25, 0.3) is 10.9 Å². The summed E-state index contributed by atoms with van der Waals surface area (Å²) in [6.45, 7) is 3.83. The number of carbonyl (C=O) groups excluding carboxylic acids is 2. The number of H-pyrrole nitrogens is 1. The summed E-state index contributed by atoms with van der Waals surface area (Å²) >= 11 is 0. The minimum atomic E-state index is -0.300. The monoisotopic (exact) mass is 378 g/mol. The first-order valence-corrected chi connectivity index (χ1v) is 8.92. The van der Waals surface area contributed by atoms with E-state index in [0.29, 0.717) is 22.3 Å². The summed E-state index contributed by atoms with van der Waals surface area (Å²) in [5, 5.41) is 3.14. The molecule has 3 rings (SSSR count). The van der Waals surface area contributed by atoms with Gasteiger partial charge in [0.25, 0.3) is 11.5 Å². The Morgan fingerprint density at radius 3 is 2.50 bits per heavy atom. The topological polar surface area (TPSA) is 95.2 Å². The van der Waals surface area contributed by atoms with E-state index in [2.05, 4.69) is 15.3 Å². The van der Waals surface area contributed by atoms with Gasteiger partial charge in [0.1, 0.15) is 5.82 Å². The molecule has 1 heterocycles. The van der Waals surface area contributed by atoms with Crippen LogP contribution in [-0.2, 0) is 11.3 Å². The zero-order valence-corrected chi connectivity index (χ0v) is 16.1. The molecule has 28 heavy (non-hydrogen) atoms. The molecule has 0 saturated heterocycles. The zero-order chi connectivity index (χ0) is 20.3. The Kier molecular flexibility index (Phi) is 5.54. The van der Waals surface area contributed by atoms with Crippen LogP contribution < -0.4 is 10.9 Å². The van der Waals surface area contributed by atoms with Gasteiger partial charge in [-0.3, -0.25) is 14.4 Å². The van der Waals surface area contributed by atoms with Crippen molar-refractivity contribution in [2.75, 3.05) is 13.6 Å². The van der Waals surface area contributed by atoms with Crippen molar-refractivity contribution < 1.29 is 9.59 Å². The van der Waals surface area contributed by atoms with E-state index in [1.807, 2.05) is 19.9 Å². The quantitative estimate of drug-likeness (QED) is 0.709. The summed E-state index contributed by atoms with van der Waals surface area (Å²) in [6.07, 6.45) is 0. The van der Waals surface area contributed by atoms with Gasteiger partial charge in [-0.1, -0.05) is 29.3 Å². The van der Waals surface area contributed by atoms with E-state index in [9.17, 15) is 14.4 Å². The van der Waals surface area contributed by atoms with Gasteiger partial charge in [-0.15, -0.1) is 0 Å².